The number of nitrogens with zero attached hydrogens (tertiary/aromatic N) is 1. The number of rotatable bonds is 4. The van der Waals surface area contributed by atoms with Crippen LogP contribution in [-0.4, -0.2) is 25.1 Å². The largest absolute Gasteiger partial charge is 0.465 e. The average molecular weight is 355 g/mol. The number of ether oxygens (including phenoxy) is 1. The van der Waals surface area contributed by atoms with E-state index in [-0.39, 0.29) is 12.0 Å². The molecule has 0 aliphatic rings. The van der Waals surface area contributed by atoms with Crippen LogP contribution >= 0.6 is 11.6 Å². The molecule has 3 aromatic rings. The van der Waals surface area contributed by atoms with Crippen LogP contribution in [-0.2, 0) is 4.74 Å². The van der Waals surface area contributed by atoms with Crippen LogP contribution < -0.4 is 5.32 Å². The lowest BCUT2D eigenvalue weighted by molar-refractivity contribution is 0.0601. The van der Waals surface area contributed by atoms with Crippen LogP contribution in [0.1, 0.15) is 28.9 Å². The standard InChI is InChI=1S/C20H19ClN2O2/c1-12(22-2)15-10-18(21)19(23-11-15)16-6-4-5-13-7-8-14(9-17(13)16)20(24)25-3/h4-12,22H,1-3H3. The van der Waals surface area contributed by atoms with Gasteiger partial charge in [-0.15, -0.1) is 0 Å². The summed E-state index contributed by atoms with van der Waals surface area (Å²) < 4.78 is 4.82. The molecule has 1 atom stereocenters. The quantitative estimate of drug-likeness (QED) is 0.694. The van der Waals surface area contributed by atoms with Gasteiger partial charge in [0.05, 0.1) is 23.4 Å². The summed E-state index contributed by atoms with van der Waals surface area (Å²) in [5.41, 5.74) is 3.10. The third kappa shape index (κ3) is 3.36. The zero-order valence-corrected chi connectivity index (χ0v) is 15.1. The molecule has 0 aliphatic heterocycles. The number of halogens is 1. The Hall–Kier alpha value is -2.43. The molecule has 0 saturated heterocycles. The lowest BCUT2D eigenvalue weighted by Gasteiger charge is -2.13. The summed E-state index contributed by atoms with van der Waals surface area (Å²) in [5, 5.41) is 5.67. The number of pyridine rings is 1. The number of fused-ring (bicyclic) bond motifs is 1. The van der Waals surface area contributed by atoms with Crippen molar-refractivity contribution in [1.29, 1.82) is 0 Å². The van der Waals surface area contributed by atoms with Crippen LogP contribution in [0.25, 0.3) is 22.0 Å². The number of aromatic nitrogens is 1. The van der Waals surface area contributed by atoms with Crippen LogP contribution in [0.4, 0.5) is 0 Å². The number of carbonyl (C=O) groups excluding carboxylic acids is 1. The van der Waals surface area contributed by atoms with Crippen LogP contribution in [0.15, 0.2) is 48.7 Å². The van der Waals surface area contributed by atoms with Crippen molar-refractivity contribution in [2.24, 2.45) is 0 Å². The molecule has 0 aliphatic carbocycles. The van der Waals surface area contributed by atoms with E-state index in [1.165, 1.54) is 7.11 Å². The highest BCUT2D eigenvalue weighted by molar-refractivity contribution is 6.33. The first-order valence-corrected chi connectivity index (χ1v) is 8.37. The highest BCUT2D eigenvalue weighted by Crippen LogP contribution is 2.33. The lowest BCUT2D eigenvalue weighted by Crippen LogP contribution is -2.12. The van der Waals surface area contributed by atoms with Gasteiger partial charge >= 0.3 is 5.97 Å². The number of esters is 1. The van der Waals surface area contributed by atoms with Crippen molar-refractivity contribution in [3.05, 3.63) is 64.8 Å². The van der Waals surface area contributed by atoms with E-state index < -0.39 is 0 Å². The molecule has 1 aromatic heterocycles. The Labute approximate surface area is 151 Å². The molecule has 2 aromatic carbocycles. The van der Waals surface area contributed by atoms with Crippen LogP contribution in [0.5, 0.6) is 0 Å². The van der Waals surface area contributed by atoms with E-state index in [1.54, 1.807) is 6.07 Å². The normalized spacial score (nSPS) is 12.2. The van der Waals surface area contributed by atoms with Crippen molar-refractivity contribution in [2.45, 2.75) is 13.0 Å². The lowest BCUT2D eigenvalue weighted by atomic mass is 9.99. The van der Waals surface area contributed by atoms with Crippen LogP contribution in [0.3, 0.4) is 0 Å². The van der Waals surface area contributed by atoms with Crippen molar-refractivity contribution in [3.8, 4) is 11.3 Å². The van der Waals surface area contributed by atoms with E-state index >= 15 is 0 Å². The summed E-state index contributed by atoms with van der Waals surface area (Å²) in [6, 6.07) is 13.5. The van der Waals surface area contributed by atoms with Gasteiger partial charge in [0.1, 0.15) is 0 Å². The van der Waals surface area contributed by atoms with Crippen molar-refractivity contribution >= 4 is 28.3 Å². The predicted octanol–water partition coefficient (Wildman–Crippen LogP) is 4.62. The van der Waals surface area contributed by atoms with E-state index in [0.717, 1.165) is 21.9 Å². The maximum atomic E-state index is 11.9. The predicted molar refractivity (Wildman–Crippen MR) is 101 cm³/mol. The number of carbonyl (C=O) groups is 1. The first kappa shape index (κ1) is 17.4. The third-order valence-corrected chi connectivity index (χ3v) is 4.64. The Morgan fingerprint density at radius 3 is 2.72 bits per heavy atom. The molecular weight excluding hydrogens is 336 g/mol. The van der Waals surface area contributed by atoms with Crippen molar-refractivity contribution in [2.75, 3.05) is 14.2 Å². The molecule has 0 bridgehead atoms. The van der Waals surface area contributed by atoms with Crippen LogP contribution in [0, 0.1) is 0 Å². The summed E-state index contributed by atoms with van der Waals surface area (Å²) in [4.78, 5) is 16.4. The van der Waals surface area contributed by atoms with Crippen molar-refractivity contribution in [1.82, 2.24) is 10.3 Å². The molecule has 0 amide bonds. The number of hydrogen-bond donors (Lipinski definition) is 1. The fraction of sp³-hybridized carbons (Fsp3) is 0.200. The summed E-state index contributed by atoms with van der Waals surface area (Å²) in [6.45, 7) is 2.05. The molecule has 5 heteroatoms. The maximum Gasteiger partial charge on any atom is 0.337 e. The van der Waals surface area contributed by atoms with Gasteiger partial charge in [-0.2, -0.15) is 0 Å². The second-order valence-corrected chi connectivity index (χ2v) is 6.25. The number of methoxy groups -OCH3 is 1. The van der Waals surface area contributed by atoms with E-state index in [4.69, 9.17) is 16.3 Å². The number of hydrogen-bond acceptors (Lipinski definition) is 4. The second kappa shape index (κ2) is 7.21. The molecule has 128 valence electrons. The molecule has 4 nitrogen and oxygen atoms in total. The maximum absolute atomic E-state index is 11.9. The van der Waals surface area contributed by atoms with Gasteiger partial charge in [-0.05, 0) is 48.5 Å². The zero-order chi connectivity index (χ0) is 18.0. The van der Waals surface area contributed by atoms with Gasteiger partial charge in [-0.1, -0.05) is 35.9 Å². The smallest absolute Gasteiger partial charge is 0.337 e. The molecule has 0 fully saturated rings. The second-order valence-electron chi connectivity index (χ2n) is 5.84. The molecule has 3 rings (SSSR count). The summed E-state index contributed by atoms with van der Waals surface area (Å²) in [6.07, 6.45) is 1.82. The molecule has 0 spiro atoms. The fourth-order valence-electron chi connectivity index (χ4n) is 2.78. The number of nitrogens with one attached hydrogen (secondary N) is 1. The minimum Gasteiger partial charge on any atom is -0.465 e. The van der Waals surface area contributed by atoms with Gasteiger partial charge in [0.2, 0.25) is 0 Å². The minimum absolute atomic E-state index is 0.164. The SMILES string of the molecule is CNC(C)c1cnc(-c2cccc3ccc(C(=O)OC)cc23)c(Cl)c1. The van der Waals surface area contributed by atoms with E-state index in [2.05, 4.69) is 10.3 Å². The molecule has 0 saturated carbocycles. The third-order valence-electron chi connectivity index (χ3n) is 4.35. The fourth-order valence-corrected chi connectivity index (χ4v) is 3.05. The highest BCUT2D eigenvalue weighted by Gasteiger charge is 2.14. The molecular formula is C20H19ClN2O2. The first-order chi connectivity index (χ1) is 12.0. The Morgan fingerprint density at radius 1 is 1.24 bits per heavy atom. The first-order valence-electron chi connectivity index (χ1n) is 7.99. The van der Waals surface area contributed by atoms with Gasteiger partial charge in [0.15, 0.2) is 0 Å². The van der Waals surface area contributed by atoms with Gasteiger partial charge in [-0.3, -0.25) is 4.98 Å². The monoisotopic (exact) mass is 354 g/mol. The van der Waals surface area contributed by atoms with Gasteiger partial charge in [0, 0.05) is 17.8 Å². The Balaban J connectivity index is 2.16. The van der Waals surface area contributed by atoms with Gasteiger partial charge in [-0.25, -0.2) is 4.79 Å². The molecule has 1 unspecified atom stereocenters. The van der Waals surface area contributed by atoms with Crippen molar-refractivity contribution in [3.63, 3.8) is 0 Å². The zero-order valence-electron chi connectivity index (χ0n) is 14.3. The van der Waals surface area contributed by atoms with Crippen LogP contribution in [0.2, 0.25) is 5.02 Å². The Bertz CT molecular complexity index is 940. The van der Waals surface area contributed by atoms with Gasteiger partial charge in [0.25, 0.3) is 0 Å². The van der Waals surface area contributed by atoms with Crippen molar-refractivity contribution < 1.29 is 9.53 Å². The van der Waals surface area contributed by atoms with E-state index in [9.17, 15) is 4.79 Å². The molecule has 25 heavy (non-hydrogen) atoms. The van der Waals surface area contributed by atoms with E-state index in [0.29, 0.717) is 16.3 Å². The summed E-state index contributed by atoms with van der Waals surface area (Å²) >= 11 is 6.51. The topological polar surface area (TPSA) is 51.2 Å². The molecule has 0 radical (unpaired) electrons. The Morgan fingerprint density at radius 2 is 2.04 bits per heavy atom. The number of benzene rings is 2. The van der Waals surface area contributed by atoms with E-state index in [1.807, 2.05) is 56.6 Å². The highest BCUT2D eigenvalue weighted by atomic mass is 35.5. The molecule has 1 N–H and O–H groups in total. The summed E-state index contributed by atoms with van der Waals surface area (Å²) in [5.74, 6) is -0.367. The average Bonchev–Trinajstić information content (AvgIpc) is 2.65. The minimum atomic E-state index is -0.367. The Kier molecular flexibility index (Phi) is 5.02. The van der Waals surface area contributed by atoms with Gasteiger partial charge < -0.3 is 10.1 Å². The summed E-state index contributed by atoms with van der Waals surface area (Å²) in [7, 11) is 3.27. The molecule has 1 heterocycles.